The van der Waals surface area contributed by atoms with Gasteiger partial charge in [-0.2, -0.15) is 15.2 Å². The number of piperazine rings is 1. The smallest absolute Gasteiger partial charge is 0.318 e. The molecule has 8 nitrogen and oxygen atoms in total. The highest BCUT2D eigenvalue weighted by Crippen LogP contribution is 2.51. The van der Waals surface area contributed by atoms with Crippen molar-refractivity contribution >= 4 is 28.9 Å². The van der Waals surface area contributed by atoms with Crippen molar-refractivity contribution < 1.29 is 9.53 Å². The van der Waals surface area contributed by atoms with E-state index in [9.17, 15) is 10.1 Å². The summed E-state index contributed by atoms with van der Waals surface area (Å²) in [5.74, 6) is 0.758. The Hall–Kier alpha value is -3.41. The van der Waals surface area contributed by atoms with E-state index in [0.29, 0.717) is 32.3 Å². The number of anilines is 1. The van der Waals surface area contributed by atoms with Crippen LogP contribution in [0.1, 0.15) is 67.8 Å². The molecule has 3 aliphatic heterocycles. The summed E-state index contributed by atoms with van der Waals surface area (Å²) in [6.45, 7) is 10.4. The standard InChI is InChI=1S/C34H39ClN6O2/c1-3-29(42)41-18-17-39(21-24(41)10-14-36)31-25-9-13-33(19-23(2)30-26(33)7-4-8-27(30)35)20-28(25)37-32(38-31)43-22-34-11-5-15-40(34)16-6-12-34/h3-4,7-8,19,24H,1,5-6,9-13,15-18,20-22H2,2H3/t24-,33-/m0/s1. The molecule has 3 fully saturated rings. The molecule has 3 saturated heterocycles. The lowest BCUT2D eigenvalue weighted by atomic mass is 9.70. The number of carbonyl (C=O) groups excluding carboxylic acids is 1. The third-order valence-electron chi connectivity index (χ3n) is 10.6. The third kappa shape index (κ3) is 4.72. The van der Waals surface area contributed by atoms with Gasteiger partial charge in [-0.25, -0.2) is 0 Å². The number of ether oxygens (including phenoxy) is 1. The van der Waals surface area contributed by atoms with Crippen molar-refractivity contribution in [2.75, 3.05) is 44.2 Å². The van der Waals surface area contributed by atoms with E-state index in [1.165, 1.54) is 30.1 Å². The molecule has 43 heavy (non-hydrogen) atoms. The second-order valence-corrected chi connectivity index (χ2v) is 13.4. The molecule has 0 unspecified atom stereocenters. The Labute approximate surface area is 259 Å². The number of rotatable bonds is 6. The number of fused-ring (bicyclic) bond motifs is 4. The first kappa shape index (κ1) is 28.4. The zero-order valence-corrected chi connectivity index (χ0v) is 25.7. The summed E-state index contributed by atoms with van der Waals surface area (Å²) in [5.41, 5.74) is 5.77. The predicted molar refractivity (Wildman–Crippen MR) is 167 cm³/mol. The van der Waals surface area contributed by atoms with Crippen molar-refractivity contribution in [2.45, 2.75) is 75.3 Å². The normalized spacial score (nSPS) is 25.6. The summed E-state index contributed by atoms with van der Waals surface area (Å²) in [6.07, 6.45) is 11.3. The Balaban J connectivity index is 1.25. The Kier molecular flexibility index (Phi) is 7.22. The van der Waals surface area contributed by atoms with Crippen LogP contribution >= 0.6 is 11.6 Å². The molecule has 0 radical (unpaired) electrons. The van der Waals surface area contributed by atoms with Crippen LogP contribution in [0.15, 0.2) is 36.9 Å². The molecule has 5 aliphatic rings. The topological polar surface area (TPSA) is 85.6 Å². The van der Waals surface area contributed by atoms with Crippen molar-refractivity contribution in [1.29, 1.82) is 5.26 Å². The zero-order chi connectivity index (χ0) is 29.8. The van der Waals surface area contributed by atoms with Crippen LogP contribution in [0.3, 0.4) is 0 Å². The van der Waals surface area contributed by atoms with E-state index in [4.69, 9.17) is 26.3 Å². The Bertz CT molecular complexity index is 1540. The van der Waals surface area contributed by atoms with Gasteiger partial charge in [0, 0.05) is 42.1 Å². The molecule has 2 aliphatic carbocycles. The number of aromatic nitrogens is 2. The fourth-order valence-electron chi connectivity index (χ4n) is 8.61. The first-order chi connectivity index (χ1) is 20.9. The lowest BCUT2D eigenvalue weighted by molar-refractivity contribution is -0.128. The molecule has 1 aromatic heterocycles. The summed E-state index contributed by atoms with van der Waals surface area (Å²) in [5, 5.41) is 10.4. The van der Waals surface area contributed by atoms with E-state index in [1.807, 2.05) is 6.07 Å². The SMILES string of the molecule is C=CC(=O)N1CCN(c2nc(OCC34CCCN3CCC4)nc3c2CC[C@]2(C=C(C)c4c(Cl)cccc42)C3)C[C@@H]1CC#N. The number of carbonyl (C=O) groups is 1. The summed E-state index contributed by atoms with van der Waals surface area (Å²) < 4.78 is 6.55. The lowest BCUT2D eigenvalue weighted by Gasteiger charge is -2.42. The second kappa shape index (κ2) is 10.9. The van der Waals surface area contributed by atoms with E-state index in [2.05, 4.69) is 47.6 Å². The van der Waals surface area contributed by atoms with Gasteiger partial charge in [-0.15, -0.1) is 0 Å². The molecule has 0 saturated carbocycles. The zero-order valence-electron chi connectivity index (χ0n) is 24.9. The Morgan fingerprint density at radius 1 is 1.21 bits per heavy atom. The van der Waals surface area contributed by atoms with E-state index < -0.39 is 0 Å². The molecular weight excluding hydrogens is 560 g/mol. The van der Waals surface area contributed by atoms with Gasteiger partial charge in [0.05, 0.1) is 29.8 Å². The van der Waals surface area contributed by atoms with Crippen molar-refractivity contribution in [3.63, 3.8) is 0 Å². The van der Waals surface area contributed by atoms with Crippen molar-refractivity contribution in [1.82, 2.24) is 19.8 Å². The van der Waals surface area contributed by atoms with Crippen LogP contribution in [-0.4, -0.2) is 76.6 Å². The van der Waals surface area contributed by atoms with Crippen LogP contribution in [0.4, 0.5) is 5.82 Å². The Morgan fingerprint density at radius 3 is 2.79 bits per heavy atom. The highest BCUT2D eigenvalue weighted by molar-refractivity contribution is 6.32. The highest BCUT2D eigenvalue weighted by Gasteiger charge is 2.46. The minimum absolute atomic E-state index is 0.0935. The first-order valence-electron chi connectivity index (χ1n) is 15.7. The van der Waals surface area contributed by atoms with Crippen molar-refractivity contribution in [3.8, 4) is 12.1 Å². The number of hydrogen-bond acceptors (Lipinski definition) is 7. The van der Waals surface area contributed by atoms with E-state index in [0.717, 1.165) is 72.9 Å². The molecule has 0 N–H and O–H groups in total. The van der Waals surface area contributed by atoms with Crippen LogP contribution < -0.4 is 9.64 Å². The maximum Gasteiger partial charge on any atom is 0.318 e. The number of nitriles is 1. The minimum atomic E-state index is -0.229. The average molecular weight is 599 g/mol. The molecule has 2 aromatic rings. The van der Waals surface area contributed by atoms with Crippen molar-refractivity contribution in [2.24, 2.45) is 0 Å². The van der Waals surface area contributed by atoms with E-state index >= 15 is 0 Å². The summed E-state index contributed by atoms with van der Waals surface area (Å²) in [4.78, 5) is 29.4. The Morgan fingerprint density at radius 2 is 2.02 bits per heavy atom. The minimum Gasteiger partial charge on any atom is -0.461 e. The second-order valence-electron chi connectivity index (χ2n) is 13.0. The highest BCUT2D eigenvalue weighted by atomic mass is 35.5. The van der Waals surface area contributed by atoms with Crippen LogP contribution in [0.25, 0.3) is 5.57 Å². The van der Waals surface area contributed by atoms with Gasteiger partial charge in [-0.3, -0.25) is 9.69 Å². The maximum atomic E-state index is 12.6. The monoisotopic (exact) mass is 598 g/mol. The molecule has 2 atom stereocenters. The van der Waals surface area contributed by atoms with Gasteiger partial charge in [0.15, 0.2) is 0 Å². The first-order valence-corrected chi connectivity index (χ1v) is 16.1. The van der Waals surface area contributed by atoms with Gasteiger partial charge in [0.25, 0.3) is 0 Å². The lowest BCUT2D eigenvalue weighted by Crippen LogP contribution is -2.55. The average Bonchev–Trinajstić information content (AvgIpc) is 3.67. The number of amides is 1. The van der Waals surface area contributed by atoms with Gasteiger partial charge < -0.3 is 14.5 Å². The van der Waals surface area contributed by atoms with Crippen LogP contribution in [0, 0.1) is 11.3 Å². The number of hydrogen-bond donors (Lipinski definition) is 0. The third-order valence-corrected chi connectivity index (χ3v) is 11.0. The summed E-state index contributed by atoms with van der Waals surface area (Å²) in [6, 6.07) is 8.73. The van der Waals surface area contributed by atoms with Gasteiger partial charge in [0.1, 0.15) is 12.4 Å². The molecule has 224 valence electrons. The molecular formula is C34H39ClN6O2. The van der Waals surface area contributed by atoms with Gasteiger partial charge in [-0.05, 0) is 87.4 Å². The molecule has 4 heterocycles. The molecule has 7 rings (SSSR count). The van der Waals surface area contributed by atoms with Crippen molar-refractivity contribution in [3.05, 3.63) is 64.3 Å². The van der Waals surface area contributed by atoms with Crippen LogP contribution in [0.2, 0.25) is 5.02 Å². The van der Waals surface area contributed by atoms with Gasteiger partial charge in [0.2, 0.25) is 5.91 Å². The number of halogens is 1. The molecule has 1 amide bonds. The molecule has 1 spiro atoms. The molecule has 0 bridgehead atoms. The van der Waals surface area contributed by atoms with E-state index in [-0.39, 0.29) is 29.3 Å². The quantitative estimate of drug-likeness (QED) is 0.428. The fourth-order valence-corrected chi connectivity index (χ4v) is 8.93. The van der Waals surface area contributed by atoms with E-state index in [1.54, 1.807) is 4.90 Å². The largest absolute Gasteiger partial charge is 0.461 e. The predicted octanol–water partition coefficient (Wildman–Crippen LogP) is 5.10. The molecule has 1 aromatic carbocycles. The van der Waals surface area contributed by atoms with Crippen LogP contribution in [-0.2, 0) is 23.1 Å². The summed E-state index contributed by atoms with van der Waals surface area (Å²) >= 11 is 6.70. The van der Waals surface area contributed by atoms with Gasteiger partial charge >= 0.3 is 6.01 Å². The number of allylic oxidation sites excluding steroid dienone is 2. The number of benzene rings is 1. The maximum absolute atomic E-state index is 12.6. The number of nitrogens with zero attached hydrogens (tertiary/aromatic N) is 6. The fraction of sp³-hybridized carbons (Fsp3) is 0.529. The van der Waals surface area contributed by atoms with Crippen LogP contribution in [0.5, 0.6) is 6.01 Å². The van der Waals surface area contributed by atoms with Gasteiger partial charge in [-0.1, -0.05) is 36.4 Å². The summed E-state index contributed by atoms with van der Waals surface area (Å²) in [7, 11) is 0. The molecule has 9 heteroatoms.